The molecule has 0 fully saturated rings. The molecule has 0 amide bonds. The summed E-state index contributed by atoms with van der Waals surface area (Å²) in [5.74, 6) is 0.851. The first-order valence-electron chi connectivity index (χ1n) is 6.10. The van der Waals surface area contributed by atoms with Crippen molar-refractivity contribution < 1.29 is 5.11 Å². The van der Waals surface area contributed by atoms with Crippen molar-refractivity contribution in [1.82, 2.24) is 5.32 Å². The molecule has 14 heavy (non-hydrogen) atoms. The van der Waals surface area contributed by atoms with Gasteiger partial charge in [-0.25, -0.2) is 0 Å². The minimum atomic E-state index is 0.358. The van der Waals surface area contributed by atoms with Gasteiger partial charge in [0.05, 0.1) is 0 Å². The summed E-state index contributed by atoms with van der Waals surface area (Å²) in [5.41, 5.74) is 0. The topological polar surface area (TPSA) is 32.3 Å². The largest absolute Gasteiger partial charge is 0.396 e. The van der Waals surface area contributed by atoms with E-state index in [0.717, 1.165) is 18.9 Å². The molecular weight excluding hydrogens is 174 g/mol. The van der Waals surface area contributed by atoms with E-state index in [0.29, 0.717) is 6.61 Å². The van der Waals surface area contributed by atoms with Crippen LogP contribution >= 0.6 is 0 Å². The maximum atomic E-state index is 8.78. The van der Waals surface area contributed by atoms with Crippen molar-refractivity contribution in [2.45, 2.75) is 51.9 Å². The maximum Gasteiger partial charge on any atom is 0.0431 e. The highest BCUT2D eigenvalue weighted by Crippen LogP contribution is 2.19. The normalized spacial score (nSPS) is 13.1. The molecule has 0 aromatic carbocycles. The Morgan fingerprint density at radius 3 is 2.36 bits per heavy atom. The summed E-state index contributed by atoms with van der Waals surface area (Å²) in [6, 6.07) is 0. The maximum absolute atomic E-state index is 8.78. The summed E-state index contributed by atoms with van der Waals surface area (Å²) in [6.07, 6.45) is 8.77. The summed E-state index contributed by atoms with van der Waals surface area (Å²) in [4.78, 5) is 0. The van der Waals surface area contributed by atoms with E-state index in [-0.39, 0.29) is 0 Å². The third-order valence-corrected chi connectivity index (χ3v) is 2.76. The number of aliphatic hydroxyl groups excluding tert-OH is 1. The van der Waals surface area contributed by atoms with Crippen molar-refractivity contribution in [2.24, 2.45) is 5.92 Å². The average molecular weight is 201 g/mol. The minimum Gasteiger partial charge on any atom is -0.396 e. The Hall–Kier alpha value is -0.0800. The molecule has 1 atom stereocenters. The molecule has 0 saturated carbocycles. The smallest absolute Gasteiger partial charge is 0.0431 e. The molecule has 0 saturated heterocycles. The molecule has 0 spiro atoms. The SMILES string of the molecule is CCCC(CCCO)CCCCNC. The standard InChI is InChI=1S/C12H27NO/c1-3-7-12(9-6-11-14)8-4-5-10-13-2/h12-14H,3-11H2,1-2H3. The zero-order valence-electron chi connectivity index (χ0n) is 9.89. The lowest BCUT2D eigenvalue weighted by molar-refractivity contribution is 0.263. The van der Waals surface area contributed by atoms with Gasteiger partial charge in [-0.1, -0.05) is 32.6 Å². The predicted octanol–water partition coefficient (Wildman–Crippen LogP) is 2.56. The Labute approximate surface area is 89.1 Å². The van der Waals surface area contributed by atoms with Gasteiger partial charge in [0.15, 0.2) is 0 Å². The number of aliphatic hydroxyl groups is 1. The van der Waals surface area contributed by atoms with Crippen LogP contribution in [0.5, 0.6) is 0 Å². The van der Waals surface area contributed by atoms with Crippen LogP contribution in [0, 0.1) is 5.92 Å². The first-order valence-corrected chi connectivity index (χ1v) is 6.10. The predicted molar refractivity (Wildman–Crippen MR) is 62.5 cm³/mol. The second kappa shape index (κ2) is 11.0. The Balaban J connectivity index is 3.40. The third kappa shape index (κ3) is 8.52. The second-order valence-corrected chi connectivity index (χ2v) is 4.12. The highest BCUT2D eigenvalue weighted by molar-refractivity contribution is 4.59. The lowest BCUT2D eigenvalue weighted by atomic mass is 9.92. The lowest BCUT2D eigenvalue weighted by Gasteiger charge is -2.15. The molecule has 2 heteroatoms. The molecule has 0 radical (unpaired) electrons. The van der Waals surface area contributed by atoms with Crippen molar-refractivity contribution in [3.63, 3.8) is 0 Å². The van der Waals surface area contributed by atoms with Crippen LogP contribution in [0.15, 0.2) is 0 Å². The van der Waals surface area contributed by atoms with Crippen molar-refractivity contribution in [1.29, 1.82) is 0 Å². The van der Waals surface area contributed by atoms with Crippen LogP contribution in [-0.4, -0.2) is 25.3 Å². The molecule has 0 aromatic heterocycles. The molecule has 0 rings (SSSR count). The van der Waals surface area contributed by atoms with E-state index >= 15 is 0 Å². The van der Waals surface area contributed by atoms with Crippen LogP contribution in [0.1, 0.15) is 51.9 Å². The zero-order valence-corrected chi connectivity index (χ0v) is 9.89. The quantitative estimate of drug-likeness (QED) is 0.532. The van der Waals surface area contributed by atoms with Crippen molar-refractivity contribution in [2.75, 3.05) is 20.2 Å². The van der Waals surface area contributed by atoms with Crippen molar-refractivity contribution in [3.05, 3.63) is 0 Å². The lowest BCUT2D eigenvalue weighted by Crippen LogP contribution is -2.08. The fourth-order valence-corrected chi connectivity index (χ4v) is 1.96. The fourth-order valence-electron chi connectivity index (χ4n) is 1.96. The number of rotatable bonds is 10. The van der Waals surface area contributed by atoms with Crippen LogP contribution in [-0.2, 0) is 0 Å². The van der Waals surface area contributed by atoms with Gasteiger partial charge in [0.25, 0.3) is 0 Å². The van der Waals surface area contributed by atoms with Gasteiger partial charge in [0.1, 0.15) is 0 Å². The van der Waals surface area contributed by atoms with E-state index in [1.807, 2.05) is 7.05 Å². The number of hydrogen-bond acceptors (Lipinski definition) is 2. The molecular formula is C12H27NO. The van der Waals surface area contributed by atoms with Crippen LogP contribution in [0.2, 0.25) is 0 Å². The van der Waals surface area contributed by atoms with Gasteiger partial charge in [-0.05, 0) is 38.8 Å². The van der Waals surface area contributed by atoms with Crippen LogP contribution < -0.4 is 5.32 Å². The zero-order chi connectivity index (χ0) is 10.6. The van der Waals surface area contributed by atoms with E-state index < -0.39 is 0 Å². The van der Waals surface area contributed by atoms with Gasteiger partial charge in [-0.15, -0.1) is 0 Å². The van der Waals surface area contributed by atoms with E-state index in [9.17, 15) is 0 Å². The van der Waals surface area contributed by atoms with Gasteiger partial charge in [-0.3, -0.25) is 0 Å². The Bertz CT molecular complexity index is 106. The molecule has 0 aliphatic heterocycles. The molecule has 2 N–H and O–H groups in total. The minimum absolute atomic E-state index is 0.358. The fraction of sp³-hybridized carbons (Fsp3) is 1.00. The molecule has 0 aliphatic carbocycles. The van der Waals surface area contributed by atoms with Crippen LogP contribution in [0.3, 0.4) is 0 Å². The monoisotopic (exact) mass is 201 g/mol. The van der Waals surface area contributed by atoms with Gasteiger partial charge >= 0.3 is 0 Å². The first-order chi connectivity index (χ1) is 6.85. The van der Waals surface area contributed by atoms with Crippen LogP contribution in [0.4, 0.5) is 0 Å². The third-order valence-electron chi connectivity index (χ3n) is 2.76. The highest BCUT2D eigenvalue weighted by atomic mass is 16.2. The molecule has 0 bridgehead atoms. The first kappa shape index (κ1) is 13.9. The van der Waals surface area contributed by atoms with E-state index in [1.54, 1.807) is 0 Å². The summed E-state index contributed by atoms with van der Waals surface area (Å²) in [7, 11) is 2.01. The Morgan fingerprint density at radius 1 is 1.07 bits per heavy atom. The van der Waals surface area contributed by atoms with E-state index in [1.165, 1.54) is 38.5 Å². The molecule has 86 valence electrons. The number of nitrogens with one attached hydrogen (secondary N) is 1. The Kier molecular flexibility index (Phi) is 10.9. The molecule has 1 unspecified atom stereocenters. The summed E-state index contributed by atoms with van der Waals surface area (Å²) in [5, 5.41) is 12.0. The summed E-state index contributed by atoms with van der Waals surface area (Å²) >= 11 is 0. The molecule has 0 heterocycles. The summed E-state index contributed by atoms with van der Waals surface area (Å²) in [6.45, 7) is 3.75. The second-order valence-electron chi connectivity index (χ2n) is 4.12. The number of unbranched alkanes of at least 4 members (excludes halogenated alkanes) is 1. The average Bonchev–Trinajstić information content (AvgIpc) is 2.20. The van der Waals surface area contributed by atoms with E-state index in [4.69, 9.17) is 5.11 Å². The van der Waals surface area contributed by atoms with Gasteiger partial charge in [0.2, 0.25) is 0 Å². The van der Waals surface area contributed by atoms with Gasteiger partial charge in [-0.2, -0.15) is 0 Å². The van der Waals surface area contributed by atoms with Gasteiger partial charge < -0.3 is 10.4 Å². The molecule has 2 nitrogen and oxygen atoms in total. The highest BCUT2D eigenvalue weighted by Gasteiger charge is 2.06. The van der Waals surface area contributed by atoms with Crippen molar-refractivity contribution >= 4 is 0 Å². The summed E-state index contributed by atoms with van der Waals surface area (Å²) < 4.78 is 0. The molecule has 0 aliphatic rings. The van der Waals surface area contributed by atoms with Crippen molar-refractivity contribution in [3.8, 4) is 0 Å². The van der Waals surface area contributed by atoms with E-state index in [2.05, 4.69) is 12.2 Å². The van der Waals surface area contributed by atoms with Crippen LogP contribution in [0.25, 0.3) is 0 Å². The molecule has 0 aromatic rings. The Morgan fingerprint density at radius 2 is 1.79 bits per heavy atom. The van der Waals surface area contributed by atoms with Gasteiger partial charge in [0, 0.05) is 6.61 Å². The number of hydrogen-bond donors (Lipinski definition) is 2.